The molecular formula is C21H32Cl2SiZr. The SMILES string of the molecule is CC[Si]1(C2=[C]([Zr+2][C]3=C(C)C(C)=C(C)C3(C)C)C(C)=CC2)CCC1.[Cl-].[Cl-]. The Hall–Kier alpha value is 0.640. The van der Waals surface area contributed by atoms with Gasteiger partial charge in [-0.3, -0.25) is 0 Å². The van der Waals surface area contributed by atoms with Crippen LogP contribution in [0.15, 0.2) is 40.1 Å². The zero-order chi connectivity index (χ0) is 17.0. The van der Waals surface area contributed by atoms with Crippen LogP contribution >= 0.6 is 0 Å². The van der Waals surface area contributed by atoms with Gasteiger partial charge in [0, 0.05) is 0 Å². The van der Waals surface area contributed by atoms with Gasteiger partial charge in [0.25, 0.3) is 0 Å². The van der Waals surface area contributed by atoms with E-state index < -0.39 is 31.3 Å². The molecule has 0 N–H and O–H groups in total. The van der Waals surface area contributed by atoms with Gasteiger partial charge in [-0.25, -0.2) is 0 Å². The summed E-state index contributed by atoms with van der Waals surface area (Å²) in [6, 6.07) is 4.66. The van der Waals surface area contributed by atoms with E-state index in [4.69, 9.17) is 0 Å². The van der Waals surface area contributed by atoms with Gasteiger partial charge in [0.2, 0.25) is 0 Å². The maximum Gasteiger partial charge on any atom is -1.00 e. The van der Waals surface area contributed by atoms with Crippen LogP contribution in [0.2, 0.25) is 18.1 Å². The quantitative estimate of drug-likeness (QED) is 0.528. The Balaban J connectivity index is 0.00000156. The van der Waals surface area contributed by atoms with E-state index in [2.05, 4.69) is 54.5 Å². The molecule has 0 radical (unpaired) electrons. The minimum Gasteiger partial charge on any atom is -1.00 e. The van der Waals surface area contributed by atoms with E-state index >= 15 is 0 Å². The zero-order valence-electron chi connectivity index (χ0n) is 16.9. The van der Waals surface area contributed by atoms with Crippen LogP contribution in [-0.4, -0.2) is 8.07 Å². The summed E-state index contributed by atoms with van der Waals surface area (Å²) < 4.78 is 3.78. The van der Waals surface area contributed by atoms with Crippen molar-refractivity contribution in [1.82, 2.24) is 0 Å². The molecule has 1 aliphatic heterocycles. The van der Waals surface area contributed by atoms with Gasteiger partial charge in [0.15, 0.2) is 0 Å². The Kier molecular flexibility index (Phi) is 7.90. The zero-order valence-corrected chi connectivity index (χ0v) is 21.8. The summed E-state index contributed by atoms with van der Waals surface area (Å²) in [4.78, 5) is 0. The van der Waals surface area contributed by atoms with Crippen LogP contribution in [0, 0.1) is 5.41 Å². The molecule has 3 aliphatic rings. The van der Waals surface area contributed by atoms with Crippen LogP contribution in [-0.2, 0) is 23.2 Å². The predicted octanol–water partition coefficient (Wildman–Crippen LogP) is 0.743. The monoisotopic (exact) mass is 472 g/mol. The summed E-state index contributed by atoms with van der Waals surface area (Å²) in [5.41, 5.74) is 6.84. The van der Waals surface area contributed by atoms with Crippen molar-refractivity contribution < 1.29 is 48.0 Å². The number of hydrogen-bond acceptors (Lipinski definition) is 0. The minimum absolute atomic E-state index is 0. The molecule has 4 heteroatoms. The third kappa shape index (κ3) is 3.67. The first-order valence-electron chi connectivity index (χ1n) is 9.32. The number of allylic oxidation sites excluding steroid dienone is 8. The number of hydrogen-bond donors (Lipinski definition) is 0. The standard InChI is InChI=1S/C11H17Si.C10H15.2ClH.Zr/c1-3-12(7-4-8-12)11-6-5-10(2)9-11;1-7-6-10(4,5)9(3)8(7)2;;;/h5H,3-4,6-8H2,1-2H3;1-5H3;2*1H;/q;;;;+2/p-2. The molecule has 2 aliphatic carbocycles. The molecule has 1 saturated heterocycles. The van der Waals surface area contributed by atoms with E-state index in [1.807, 2.05) is 11.8 Å². The van der Waals surface area contributed by atoms with Gasteiger partial charge >= 0.3 is 156 Å². The summed E-state index contributed by atoms with van der Waals surface area (Å²) in [5.74, 6) is 0. The van der Waals surface area contributed by atoms with E-state index in [9.17, 15) is 0 Å². The largest absolute Gasteiger partial charge is 1.00 e. The first-order chi connectivity index (χ1) is 10.7. The Bertz CT molecular complexity index is 670. The summed E-state index contributed by atoms with van der Waals surface area (Å²) in [7, 11) is -1.03. The van der Waals surface area contributed by atoms with E-state index in [0.717, 1.165) is 0 Å². The van der Waals surface area contributed by atoms with Crippen LogP contribution in [0.1, 0.15) is 61.3 Å². The fourth-order valence-corrected chi connectivity index (χ4v) is 15.4. The molecule has 0 aromatic rings. The van der Waals surface area contributed by atoms with Crippen molar-refractivity contribution in [1.29, 1.82) is 0 Å². The molecule has 1 fully saturated rings. The normalized spacial score (nSPS) is 23.7. The summed E-state index contributed by atoms with van der Waals surface area (Å²) >= 11 is -0.670. The van der Waals surface area contributed by atoms with Crippen molar-refractivity contribution in [2.45, 2.75) is 79.4 Å². The second kappa shape index (κ2) is 8.34. The van der Waals surface area contributed by atoms with Crippen molar-refractivity contribution in [3.05, 3.63) is 40.1 Å². The summed E-state index contributed by atoms with van der Waals surface area (Å²) in [6.07, 6.45) is 5.40. The van der Waals surface area contributed by atoms with Gasteiger partial charge in [-0.15, -0.1) is 0 Å². The van der Waals surface area contributed by atoms with Gasteiger partial charge < -0.3 is 24.8 Å². The maximum absolute atomic E-state index is 2.57. The van der Waals surface area contributed by atoms with Crippen LogP contribution in [0.3, 0.4) is 0 Å². The van der Waals surface area contributed by atoms with Crippen LogP contribution < -0.4 is 24.8 Å². The first kappa shape index (κ1) is 23.7. The van der Waals surface area contributed by atoms with Crippen molar-refractivity contribution in [3.8, 4) is 0 Å². The van der Waals surface area contributed by atoms with E-state index in [1.165, 1.54) is 18.9 Å². The van der Waals surface area contributed by atoms with Gasteiger partial charge in [0.05, 0.1) is 0 Å². The summed E-state index contributed by atoms with van der Waals surface area (Å²) in [5, 5.41) is 2.01. The predicted molar refractivity (Wildman–Crippen MR) is 101 cm³/mol. The van der Waals surface area contributed by atoms with Crippen molar-refractivity contribution in [2.75, 3.05) is 0 Å². The molecule has 138 valence electrons. The third-order valence-corrected chi connectivity index (χ3v) is 19.0. The third-order valence-electron chi connectivity index (χ3n) is 7.25. The van der Waals surface area contributed by atoms with Crippen molar-refractivity contribution >= 4 is 8.07 Å². The minimum atomic E-state index is -1.03. The van der Waals surface area contributed by atoms with Crippen molar-refractivity contribution in [3.63, 3.8) is 0 Å². The van der Waals surface area contributed by atoms with E-state index in [-0.39, 0.29) is 24.8 Å². The van der Waals surface area contributed by atoms with Gasteiger partial charge in [-0.05, 0) is 0 Å². The number of rotatable bonds is 4. The fourth-order valence-electron chi connectivity index (χ4n) is 4.79. The second-order valence-corrected chi connectivity index (χ2v) is 16.4. The molecule has 0 aromatic carbocycles. The fraction of sp³-hybridized carbons (Fsp3) is 0.619. The van der Waals surface area contributed by atoms with Gasteiger partial charge in [-0.1, -0.05) is 0 Å². The molecule has 0 nitrogen and oxygen atoms in total. The molecule has 0 saturated carbocycles. The van der Waals surface area contributed by atoms with E-state index in [0.29, 0.717) is 5.41 Å². The first-order valence-corrected chi connectivity index (χ1v) is 14.4. The molecule has 0 spiro atoms. The Morgan fingerprint density at radius 1 is 1.04 bits per heavy atom. The molecule has 3 rings (SSSR count). The average molecular weight is 475 g/mol. The Morgan fingerprint density at radius 2 is 1.64 bits per heavy atom. The molecule has 0 bridgehead atoms. The van der Waals surface area contributed by atoms with Gasteiger partial charge in [-0.2, -0.15) is 0 Å². The molecule has 1 heterocycles. The summed E-state index contributed by atoms with van der Waals surface area (Å²) in [6.45, 7) is 16.9. The Morgan fingerprint density at radius 3 is 2.04 bits per heavy atom. The molecule has 25 heavy (non-hydrogen) atoms. The molecule has 0 unspecified atom stereocenters. The molecular weight excluding hydrogens is 442 g/mol. The molecule has 0 aromatic heterocycles. The van der Waals surface area contributed by atoms with Crippen LogP contribution in [0.25, 0.3) is 0 Å². The number of halogens is 2. The van der Waals surface area contributed by atoms with E-state index in [1.54, 1.807) is 34.4 Å². The molecule has 0 atom stereocenters. The van der Waals surface area contributed by atoms with Crippen LogP contribution in [0.4, 0.5) is 0 Å². The smallest absolute Gasteiger partial charge is 1.00 e. The van der Waals surface area contributed by atoms with Crippen molar-refractivity contribution in [2.24, 2.45) is 5.41 Å². The molecule has 0 amide bonds. The second-order valence-electron chi connectivity index (χ2n) is 8.43. The average Bonchev–Trinajstić information content (AvgIpc) is 2.88. The Labute approximate surface area is 180 Å². The maximum atomic E-state index is 2.57. The topological polar surface area (TPSA) is 0 Å². The van der Waals surface area contributed by atoms with Gasteiger partial charge in [0.1, 0.15) is 0 Å². The van der Waals surface area contributed by atoms with Crippen LogP contribution in [0.5, 0.6) is 0 Å².